The molecule has 1 aromatic carbocycles. The first-order chi connectivity index (χ1) is 12.3. The topological polar surface area (TPSA) is 48.7 Å². The number of fused-ring (bicyclic) bond motifs is 1. The van der Waals surface area contributed by atoms with Gasteiger partial charge in [-0.25, -0.2) is 4.40 Å². The summed E-state index contributed by atoms with van der Waals surface area (Å²) >= 11 is 0. The van der Waals surface area contributed by atoms with Gasteiger partial charge in [0.15, 0.2) is 5.65 Å². The van der Waals surface area contributed by atoms with Crippen molar-refractivity contribution in [2.24, 2.45) is 0 Å². The lowest BCUT2D eigenvalue weighted by molar-refractivity contribution is -0.274. The average molecular weight is 365 g/mol. The fourth-order valence-corrected chi connectivity index (χ4v) is 2.58. The fourth-order valence-electron chi connectivity index (χ4n) is 2.58. The van der Waals surface area contributed by atoms with E-state index in [0.29, 0.717) is 11.7 Å². The minimum absolute atomic E-state index is 0.00995. The number of rotatable bonds is 5. The quantitative estimate of drug-likeness (QED) is 0.653. The van der Waals surface area contributed by atoms with Crippen LogP contribution in [0.1, 0.15) is 26.0 Å². The molecule has 0 fully saturated rings. The molecule has 2 heterocycles. The molecule has 2 aromatic heterocycles. The van der Waals surface area contributed by atoms with E-state index >= 15 is 0 Å². The van der Waals surface area contributed by atoms with Gasteiger partial charge in [0.1, 0.15) is 5.75 Å². The predicted molar refractivity (Wildman–Crippen MR) is 90.2 cm³/mol. The molecule has 5 nitrogen and oxygen atoms in total. The van der Waals surface area contributed by atoms with Crippen molar-refractivity contribution in [2.45, 2.75) is 39.7 Å². The Kier molecular flexibility index (Phi) is 4.76. The van der Waals surface area contributed by atoms with Crippen molar-refractivity contribution in [3.05, 3.63) is 42.1 Å². The number of benzene rings is 1. The van der Waals surface area contributed by atoms with Crippen molar-refractivity contribution in [3.63, 3.8) is 0 Å². The number of aryl methyl sites for hydroxylation is 1. The maximum atomic E-state index is 12.3. The van der Waals surface area contributed by atoms with Crippen molar-refractivity contribution in [1.29, 1.82) is 0 Å². The normalized spacial score (nSPS) is 13.0. The number of nitrogens with zero attached hydrogens (tertiary/aromatic N) is 3. The highest BCUT2D eigenvalue weighted by molar-refractivity contribution is 5.69. The molecule has 3 aromatic rings. The summed E-state index contributed by atoms with van der Waals surface area (Å²) in [6, 6.07) is 9.77. The van der Waals surface area contributed by atoms with Crippen LogP contribution in [-0.4, -0.2) is 27.1 Å². The molecule has 8 heteroatoms. The number of hydrogen-bond acceptors (Lipinski definition) is 4. The summed E-state index contributed by atoms with van der Waals surface area (Å²) in [5.74, 6) is -0.259. The molecule has 3 rings (SSSR count). The Morgan fingerprint density at radius 2 is 1.77 bits per heavy atom. The lowest BCUT2D eigenvalue weighted by Crippen LogP contribution is -2.16. The Morgan fingerprint density at radius 3 is 2.38 bits per heavy atom. The van der Waals surface area contributed by atoms with Crippen molar-refractivity contribution in [3.8, 4) is 22.9 Å². The van der Waals surface area contributed by atoms with Crippen LogP contribution in [0, 0.1) is 6.92 Å². The van der Waals surface area contributed by atoms with Gasteiger partial charge < -0.3 is 9.47 Å². The van der Waals surface area contributed by atoms with Crippen molar-refractivity contribution < 1.29 is 22.6 Å². The largest absolute Gasteiger partial charge is 0.573 e. The van der Waals surface area contributed by atoms with Crippen LogP contribution in [0.15, 0.2) is 36.4 Å². The zero-order chi connectivity index (χ0) is 18.9. The van der Waals surface area contributed by atoms with E-state index in [1.165, 1.54) is 12.1 Å². The monoisotopic (exact) mass is 365 g/mol. The first kappa shape index (κ1) is 18.0. The lowest BCUT2D eigenvalue weighted by atomic mass is 10.0. The molecule has 0 aliphatic heterocycles. The zero-order valence-corrected chi connectivity index (χ0v) is 14.5. The summed E-state index contributed by atoms with van der Waals surface area (Å²) in [7, 11) is 0. The molecule has 0 spiro atoms. The van der Waals surface area contributed by atoms with Crippen LogP contribution in [0.2, 0.25) is 0 Å². The minimum Gasteiger partial charge on any atom is -0.460 e. The van der Waals surface area contributed by atoms with Crippen LogP contribution in [0.5, 0.6) is 11.8 Å². The zero-order valence-electron chi connectivity index (χ0n) is 14.5. The Hall–Kier alpha value is -2.77. The summed E-state index contributed by atoms with van der Waals surface area (Å²) in [5, 5.41) is 8.18. The standard InChI is InChI=1S/C18H18F3N3O2/c1-4-11(2)25-17-23-22-16-10-9-15(12(3)24(16)17)13-5-7-14(8-6-13)26-18(19,20)21/h5-11H,4H2,1-3H3. The van der Waals surface area contributed by atoms with Gasteiger partial charge in [-0.1, -0.05) is 24.2 Å². The highest BCUT2D eigenvalue weighted by Gasteiger charge is 2.31. The second-order valence-corrected chi connectivity index (χ2v) is 5.92. The SMILES string of the molecule is CCC(C)Oc1nnc2ccc(-c3ccc(OC(F)(F)F)cc3)c(C)n12. The average Bonchev–Trinajstić information content (AvgIpc) is 2.98. The molecule has 0 radical (unpaired) electrons. The highest BCUT2D eigenvalue weighted by Crippen LogP contribution is 2.30. The van der Waals surface area contributed by atoms with E-state index in [4.69, 9.17) is 4.74 Å². The van der Waals surface area contributed by atoms with Gasteiger partial charge in [0.2, 0.25) is 0 Å². The van der Waals surface area contributed by atoms with Crippen LogP contribution >= 0.6 is 0 Å². The van der Waals surface area contributed by atoms with E-state index in [-0.39, 0.29) is 11.9 Å². The van der Waals surface area contributed by atoms with E-state index in [9.17, 15) is 13.2 Å². The first-order valence-electron chi connectivity index (χ1n) is 8.16. The van der Waals surface area contributed by atoms with E-state index in [1.54, 1.807) is 22.6 Å². The molecule has 0 N–H and O–H groups in total. The summed E-state index contributed by atoms with van der Waals surface area (Å²) < 4.78 is 48.4. The maximum absolute atomic E-state index is 12.3. The molecule has 0 bridgehead atoms. The minimum atomic E-state index is -4.71. The second-order valence-electron chi connectivity index (χ2n) is 5.92. The fraction of sp³-hybridized carbons (Fsp3) is 0.333. The summed E-state index contributed by atoms with van der Waals surface area (Å²) in [4.78, 5) is 0. The number of halogens is 3. The maximum Gasteiger partial charge on any atom is 0.573 e. The van der Waals surface area contributed by atoms with Crippen molar-refractivity contribution >= 4 is 5.65 Å². The van der Waals surface area contributed by atoms with Gasteiger partial charge in [-0.15, -0.1) is 18.3 Å². The number of hydrogen-bond donors (Lipinski definition) is 0. The lowest BCUT2D eigenvalue weighted by Gasteiger charge is -2.14. The molecule has 0 aliphatic carbocycles. The summed E-state index contributed by atoms with van der Waals surface area (Å²) in [6.07, 6.45) is -3.89. The smallest absolute Gasteiger partial charge is 0.460 e. The Bertz CT molecular complexity index is 904. The molecule has 0 amide bonds. The Balaban J connectivity index is 1.97. The van der Waals surface area contributed by atoms with Crippen molar-refractivity contribution in [2.75, 3.05) is 0 Å². The second kappa shape index (κ2) is 6.86. The molecule has 0 saturated carbocycles. The third-order valence-electron chi connectivity index (χ3n) is 4.06. The van der Waals surface area contributed by atoms with Gasteiger partial charge >= 0.3 is 12.4 Å². The summed E-state index contributed by atoms with van der Waals surface area (Å²) in [6.45, 7) is 5.84. The molecular weight excluding hydrogens is 347 g/mol. The number of pyridine rings is 1. The van der Waals surface area contributed by atoms with Gasteiger partial charge in [-0.3, -0.25) is 0 Å². The molecule has 0 aliphatic rings. The number of ether oxygens (including phenoxy) is 2. The molecule has 1 unspecified atom stereocenters. The summed E-state index contributed by atoms with van der Waals surface area (Å²) in [5.41, 5.74) is 3.06. The molecular formula is C18H18F3N3O2. The van der Waals surface area contributed by atoms with Gasteiger partial charge in [-0.05, 0) is 50.1 Å². The predicted octanol–water partition coefficient (Wildman–Crippen LogP) is 4.78. The Labute approximate surface area is 148 Å². The van der Waals surface area contributed by atoms with Crippen molar-refractivity contribution in [1.82, 2.24) is 14.6 Å². The van der Waals surface area contributed by atoms with Crippen LogP contribution in [0.25, 0.3) is 16.8 Å². The first-order valence-corrected chi connectivity index (χ1v) is 8.16. The third kappa shape index (κ3) is 3.74. The molecule has 138 valence electrons. The van der Waals surface area contributed by atoms with Gasteiger partial charge in [0.25, 0.3) is 0 Å². The van der Waals surface area contributed by atoms with Crippen LogP contribution in [-0.2, 0) is 0 Å². The van der Waals surface area contributed by atoms with E-state index in [1.807, 2.05) is 26.8 Å². The van der Waals surface area contributed by atoms with Gasteiger partial charge in [0, 0.05) is 11.3 Å². The molecule has 0 saturated heterocycles. The van der Waals surface area contributed by atoms with Gasteiger partial charge in [0.05, 0.1) is 6.10 Å². The number of aromatic nitrogens is 3. The van der Waals surface area contributed by atoms with Crippen LogP contribution in [0.3, 0.4) is 0 Å². The number of alkyl halides is 3. The van der Waals surface area contributed by atoms with E-state index in [2.05, 4.69) is 14.9 Å². The third-order valence-corrected chi connectivity index (χ3v) is 4.06. The Morgan fingerprint density at radius 1 is 1.08 bits per heavy atom. The van der Waals surface area contributed by atoms with Crippen LogP contribution < -0.4 is 9.47 Å². The van der Waals surface area contributed by atoms with Crippen LogP contribution in [0.4, 0.5) is 13.2 Å². The van der Waals surface area contributed by atoms with E-state index in [0.717, 1.165) is 23.2 Å². The molecule has 26 heavy (non-hydrogen) atoms. The highest BCUT2D eigenvalue weighted by atomic mass is 19.4. The van der Waals surface area contributed by atoms with E-state index < -0.39 is 6.36 Å². The van der Waals surface area contributed by atoms with Gasteiger partial charge in [-0.2, -0.15) is 0 Å². The molecule has 1 atom stereocenters.